The van der Waals surface area contributed by atoms with E-state index in [-0.39, 0.29) is 17.0 Å². The first-order valence-corrected chi connectivity index (χ1v) is 7.01. The molecule has 2 aliphatic rings. The van der Waals surface area contributed by atoms with Crippen molar-refractivity contribution in [2.75, 3.05) is 0 Å². The number of carbonyl (C=O) groups excluding carboxylic acids is 1. The highest BCUT2D eigenvalue weighted by molar-refractivity contribution is 5.92. The van der Waals surface area contributed by atoms with Gasteiger partial charge in [0.15, 0.2) is 0 Å². The largest absolute Gasteiger partial charge is 0.350 e. The van der Waals surface area contributed by atoms with E-state index in [9.17, 15) is 4.79 Å². The summed E-state index contributed by atoms with van der Waals surface area (Å²) in [5.41, 5.74) is 2.22. The topological polar surface area (TPSA) is 32.1 Å². The van der Waals surface area contributed by atoms with Gasteiger partial charge in [0.1, 0.15) is 5.54 Å². The molecular formula is C16H22N2O. The first-order valence-electron chi connectivity index (χ1n) is 7.01. The number of amides is 1. The van der Waals surface area contributed by atoms with Gasteiger partial charge in [-0.3, -0.25) is 9.69 Å². The number of fused-ring (bicyclic) bond motifs is 2. The SMILES string of the molecule is CC1N2Cc3ccccc3C[C@]12C(=O)NC(C)(C)C. The van der Waals surface area contributed by atoms with Crippen molar-refractivity contribution < 1.29 is 4.79 Å². The van der Waals surface area contributed by atoms with Crippen LogP contribution in [-0.4, -0.2) is 27.9 Å². The second-order valence-corrected chi connectivity index (χ2v) is 6.88. The molecule has 0 radical (unpaired) electrons. The third-order valence-corrected chi connectivity index (χ3v) is 4.40. The van der Waals surface area contributed by atoms with Crippen LogP contribution in [0.15, 0.2) is 24.3 Å². The fourth-order valence-corrected chi connectivity index (χ4v) is 3.29. The summed E-state index contributed by atoms with van der Waals surface area (Å²) in [7, 11) is 0. The number of hydrogen-bond acceptors (Lipinski definition) is 2. The highest BCUT2D eigenvalue weighted by Gasteiger charge is 2.66. The van der Waals surface area contributed by atoms with E-state index in [1.165, 1.54) is 11.1 Å². The van der Waals surface area contributed by atoms with Gasteiger partial charge < -0.3 is 5.32 Å². The number of carbonyl (C=O) groups is 1. The smallest absolute Gasteiger partial charge is 0.242 e. The monoisotopic (exact) mass is 258 g/mol. The van der Waals surface area contributed by atoms with Crippen LogP contribution in [0.2, 0.25) is 0 Å². The van der Waals surface area contributed by atoms with Crippen molar-refractivity contribution in [2.45, 2.75) is 57.8 Å². The molecule has 3 atom stereocenters. The van der Waals surface area contributed by atoms with E-state index in [1.54, 1.807) is 0 Å². The van der Waals surface area contributed by atoms with Gasteiger partial charge in [-0.25, -0.2) is 0 Å². The zero-order chi connectivity index (χ0) is 13.8. The molecule has 0 aromatic heterocycles. The van der Waals surface area contributed by atoms with Gasteiger partial charge in [0.25, 0.3) is 0 Å². The molecule has 1 aromatic rings. The molecule has 1 saturated heterocycles. The van der Waals surface area contributed by atoms with Gasteiger partial charge in [0.05, 0.1) is 0 Å². The van der Waals surface area contributed by atoms with Crippen LogP contribution in [-0.2, 0) is 17.8 Å². The Kier molecular flexibility index (Phi) is 2.55. The van der Waals surface area contributed by atoms with E-state index in [4.69, 9.17) is 0 Å². The van der Waals surface area contributed by atoms with Crippen LogP contribution < -0.4 is 5.32 Å². The number of rotatable bonds is 1. The molecule has 1 N–H and O–H groups in total. The van der Waals surface area contributed by atoms with Gasteiger partial charge in [-0.05, 0) is 38.8 Å². The third kappa shape index (κ3) is 1.88. The molecule has 19 heavy (non-hydrogen) atoms. The first-order chi connectivity index (χ1) is 8.84. The lowest BCUT2D eigenvalue weighted by atomic mass is 9.89. The average Bonchev–Trinajstić information content (AvgIpc) is 2.91. The lowest BCUT2D eigenvalue weighted by Gasteiger charge is -2.28. The van der Waals surface area contributed by atoms with Gasteiger partial charge in [-0.15, -0.1) is 0 Å². The Balaban J connectivity index is 1.88. The number of benzene rings is 1. The van der Waals surface area contributed by atoms with Gasteiger partial charge in [-0.1, -0.05) is 24.3 Å². The van der Waals surface area contributed by atoms with E-state index in [2.05, 4.69) is 41.4 Å². The Hall–Kier alpha value is -1.35. The highest BCUT2D eigenvalue weighted by Crippen LogP contribution is 2.49. The molecule has 0 bridgehead atoms. The Labute approximate surface area is 115 Å². The predicted molar refractivity (Wildman–Crippen MR) is 75.8 cm³/mol. The first kappa shape index (κ1) is 12.7. The van der Waals surface area contributed by atoms with Crippen molar-refractivity contribution in [3.8, 4) is 0 Å². The van der Waals surface area contributed by atoms with Crippen molar-refractivity contribution in [1.29, 1.82) is 0 Å². The van der Waals surface area contributed by atoms with Crippen molar-refractivity contribution in [3.63, 3.8) is 0 Å². The summed E-state index contributed by atoms with van der Waals surface area (Å²) in [6.45, 7) is 9.17. The van der Waals surface area contributed by atoms with E-state index in [0.29, 0.717) is 6.04 Å². The van der Waals surface area contributed by atoms with Crippen molar-refractivity contribution in [1.82, 2.24) is 10.2 Å². The lowest BCUT2D eigenvalue weighted by Crippen LogP contribution is -2.51. The molecule has 2 unspecified atom stereocenters. The summed E-state index contributed by atoms with van der Waals surface area (Å²) >= 11 is 0. The fraction of sp³-hybridized carbons (Fsp3) is 0.562. The second-order valence-electron chi connectivity index (χ2n) is 6.88. The highest BCUT2D eigenvalue weighted by atomic mass is 16.2. The average molecular weight is 258 g/mol. The molecule has 0 aliphatic carbocycles. The minimum Gasteiger partial charge on any atom is -0.350 e. The molecule has 2 aliphatic heterocycles. The summed E-state index contributed by atoms with van der Waals surface area (Å²) in [5, 5.41) is 3.15. The summed E-state index contributed by atoms with van der Waals surface area (Å²) in [6, 6.07) is 8.81. The number of nitrogens with one attached hydrogen (secondary N) is 1. The van der Waals surface area contributed by atoms with Gasteiger partial charge in [0.2, 0.25) is 5.91 Å². The Bertz CT molecular complexity index is 532. The van der Waals surface area contributed by atoms with Crippen LogP contribution in [0.1, 0.15) is 38.8 Å². The Morgan fingerprint density at radius 3 is 2.58 bits per heavy atom. The summed E-state index contributed by atoms with van der Waals surface area (Å²) in [6.07, 6.45) is 0.840. The van der Waals surface area contributed by atoms with E-state index in [1.807, 2.05) is 20.8 Å². The molecule has 1 amide bonds. The zero-order valence-corrected chi connectivity index (χ0v) is 12.2. The Morgan fingerprint density at radius 2 is 1.95 bits per heavy atom. The molecule has 1 fully saturated rings. The van der Waals surface area contributed by atoms with Gasteiger partial charge in [0, 0.05) is 24.5 Å². The third-order valence-electron chi connectivity index (χ3n) is 4.40. The number of hydrogen-bond donors (Lipinski definition) is 1. The normalized spacial score (nSPS) is 32.2. The van der Waals surface area contributed by atoms with Gasteiger partial charge in [-0.2, -0.15) is 0 Å². The number of nitrogens with zero attached hydrogens (tertiary/aromatic N) is 1. The van der Waals surface area contributed by atoms with Gasteiger partial charge >= 0.3 is 0 Å². The molecule has 3 nitrogen and oxygen atoms in total. The van der Waals surface area contributed by atoms with Crippen molar-refractivity contribution in [2.24, 2.45) is 0 Å². The fourth-order valence-electron chi connectivity index (χ4n) is 3.29. The maximum absolute atomic E-state index is 12.6. The van der Waals surface area contributed by atoms with Crippen molar-refractivity contribution in [3.05, 3.63) is 35.4 Å². The molecule has 0 spiro atoms. The van der Waals surface area contributed by atoms with Crippen LogP contribution >= 0.6 is 0 Å². The molecule has 0 saturated carbocycles. The Morgan fingerprint density at radius 1 is 1.32 bits per heavy atom. The van der Waals surface area contributed by atoms with Crippen LogP contribution in [0, 0.1) is 0 Å². The van der Waals surface area contributed by atoms with Crippen LogP contribution in [0.4, 0.5) is 0 Å². The minimum atomic E-state index is -0.304. The van der Waals surface area contributed by atoms with Crippen LogP contribution in [0.3, 0.4) is 0 Å². The second kappa shape index (κ2) is 3.83. The lowest BCUT2D eigenvalue weighted by molar-refractivity contribution is -0.126. The van der Waals surface area contributed by atoms with E-state index in [0.717, 1.165) is 13.0 Å². The maximum Gasteiger partial charge on any atom is 0.242 e. The van der Waals surface area contributed by atoms with E-state index < -0.39 is 0 Å². The molecular weight excluding hydrogens is 236 g/mol. The maximum atomic E-state index is 12.6. The molecule has 3 heteroatoms. The minimum absolute atomic E-state index is 0.170. The summed E-state index contributed by atoms with van der Waals surface area (Å²) in [4.78, 5) is 15.0. The summed E-state index contributed by atoms with van der Waals surface area (Å²) in [5.74, 6) is 0.182. The van der Waals surface area contributed by atoms with Crippen LogP contribution in [0.5, 0.6) is 0 Å². The molecule has 2 heterocycles. The van der Waals surface area contributed by atoms with Crippen molar-refractivity contribution >= 4 is 5.91 Å². The molecule has 1 aromatic carbocycles. The van der Waals surface area contributed by atoms with E-state index >= 15 is 0 Å². The predicted octanol–water partition coefficient (Wildman–Crippen LogP) is 2.10. The molecule has 3 rings (SSSR count). The quantitative estimate of drug-likeness (QED) is 0.782. The van der Waals surface area contributed by atoms with Crippen LogP contribution in [0.25, 0.3) is 0 Å². The zero-order valence-electron chi connectivity index (χ0n) is 12.2. The summed E-state index contributed by atoms with van der Waals surface area (Å²) < 4.78 is 0. The molecule has 102 valence electrons. The standard InChI is InChI=1S/C16H22N2O/c1-11-16(14(19)17-15(2,3)4)9-12-7-5-6-8-13(12)10-18(11)16/h5-8,11H,9-10H2,1-4H3,(H,17,19)/t11?,16-,18?/m1/s1.